The van der Waals surface area contributed by atoms with E-state index in [2.05, 4.69) is 25.4 Å². The summed E-state index contributed by atoms with van der Waals surface area (Å²) in [5.41, 5.74) is 3.84. The Bertz CT molecular complexity index is 956. The predicted molar refractivity (Wildman–Crippen MR) is 99.5 cm³/mol. The Balaban J connectivity index is 1.50. The average molecular weight is 369 g/mol. The zero-order chi connectivity index (χ0) is 18.8. The molecule has 1 aliphatic heterocycles. The molecule has 3 aromatic heterocycles. The molecule has 142 valence electrons. The molecule has 4 heterocycles. The van der Waals surface area contributed by atoms with Gasteiger partial charge in [-0.3, -0.25) is 14.4 Å². The van der Waals surface area contributed by atoms with Gasteiger partial charge in [-0.05, 0) is 13.0 Å². The number of nitrogens with zero attached hydrogens (tertiary/aromatic N) is 6. The third-order valence-corrected chi connectivity index (χ3v) is 4.92. The van der Waals surface area contributed by atoms with Crippen molar-refractivity contribution in [2.75, 3.05) is 39.4 Å². The lowest BCUT2D eigenvalue weighted by molar-refractivity contribution is 0.0383. The van der Waals surface area contributed by atoms with Crippen molar-refractivity contribution in [3.05, 3.63) is 35.9 Å². The molecule has 0 spiro atoms. The van der Waals surface area contributed by atoms with Crippen LogP contribution in [0.5, 0.6) is 0 Å². The van der Waals surface area contributed by atoms with Gasteiger partial charge in [-0.1, -0.05) is 0 Å². The molecule has 0 unspecified atom stereocenters. The minimum Gasteiger partial charge on any atom is -0.379 e. The number of hydrogen-bond donors (Lipinski definition) is 1. The molecule has 0 aromatic carbocycles. The molecular weight excluding hydrogens is 346 g/mol. The summed E-state index contributed by atoms with van der Waals surface area (Å²) < 4.78 is 8.84. The van der Waals surface area contributed by atoms with Crippen LogP contribution in [0.2, 0.25) is 0 Å². The highest BCUT2D eigenvalue weighted by molar-refractivity contribution is 5.93. The second-order valence-electron chi connectivity index (χ2n) is 6.61. The van der Waals surface area contributed by atoms with E-state index in [-0.39, 0.29) is 5.91 Å². The van der Waals surface area contributed by atoms with Gasteiger partial charge in [0.15, 0.2) is 11.3 Å². The van der Waals surface area contributed by atoms with Crippen LogP contribution in [0.4, 0.5) is 0 Å². The van der Waals surface area contributed by atoms with Gasteiger partial charge in [0.1, 0.15) is 0 Å². The Labute approximate surface area is 156 Å². The van der Waals surface area contributed by atoms with Crippen LogP contribution in [-0.2, 0) is 11.8 Å². The molecule has 1 saturated heterocycles. The van der Waals surface area contributed by atoms with E-state index in [4.69, 9.17) is 4.74 Å². The summed E-state index contributed by atoms with van der Waals surface area (Å²) in [5.74, 6) is -0.192. The minimum absolute atomic E-state index is 0.192. The van der Waals surface area contributed by atoms with Crippen molar-refractivity contribution in [1.29, 1.82) is 0 Å². The summed E-state index contributed by atoms with van der Waals surface area (Å²) in [7, 11) is 1.90. The van der Waals surface area contributed by atoms with Crippen LogP contribution in [0, 0.1) is 6.92 Å². The smallest absolute Gasteiger partial charge is 0.271 e. The predicted octanol–water partition coefficient (Wildman–Crippen LogP) is 0.500. The number of fused-ring (bicyclic) bond motifs is 1. The molecule has 27 heavy (non-hydrogen) atoms. The van der Waals surface area contributed by atoms with Crippen LogP contribution < -0.4 is 5.32 Å². The average Bonchev–Trinajstić information content (AvgIpc) is 3.26. The van der Waals surface area contributed by atoms with Gasteiger partial charge in [-0.15, -0.1) is 0 Å². The fraction of sp³-hybridized carbons (Fsp3) is 0.444. The summed E-state index contributed by atoms with van der Waals surface area (Å²) in [4.78, 5) is 19.1. The van der Waals surface area contributed by atoms with E-state index in [1.54, 1.807) is 23.0 Å². The number of nitrogens with one attached hydrogen (secondary N) is 1. The molecule has 4 rings (SSSR count). The second-order valence-corrected chi connectivity index (χ2v) is 6.61. The number of carbonyl (C=O) groups excluding carboxylic acids is 1. The molecule has 3 aromatic rings. The Morgan fingerprint density at radius 3 is 2.89 bits per heavy atom. The first-order valence-electron chi connectivity index (χ1n) is 9.05. The fourth-order valence-electron chi connectivity index (χ4n) is 3.20. The van der Waals surface area contributed by atoms with Gasteiger partial charge in [-0.25, -0.2) is 9.50 Å². The van der Waals surface area contributed by atoms with Crippen molar-refractivity contribution in [2.45, 2.75) is 6.92 Å². The number of aromatic nitrogens is 5. The van der Waals surface area contributed by atoms with E-state index in [1.807, 2.05) is 24.7 Å². The molecule has 9 heteroatoms. The lowest BCUT2D eigenvalue weighted by Gasteiger charge is -2.26. The van der Waals surface area contributed by atoms with E-state index in [0.29, 0.717) is 17.9 Å². The SMILES string of the molecule is Cc1c(-c2ccnc3cc(C(=O)NCCN4CCOCC4)nn23)cnn1C. The van der Waals surface area contributed by atoms with Crippen molar-refractivity contribution < 1.29 is 9.53 Å². The molecule has 9 nitrogen and oxygen atoms in total. The van der Waals surface area contributed by atoms with Gasteiger partial charge in [0.05, 0.1) is 25.1 Å². The van der Waals surface area contributed by atoms with Crippen LogP contribution in [0.1, 0.15) is 16.2 Å². The zero-order valence-electron chi connectivity index (χ0n) is 15.6. The third kappa shape index (κ3) is 3.56. The second kappa shape index (κ2) is 7.45. The van der Waals surface area contributed by atoms with Crippen molar-refractivity contribution in [1.82, 2.24) is 34.6 Å². The Hall–Kier alpha value is -2.78. The summed E-state index contributed by atoms with van der Waals surface area (Å²) in [5, 5.41) is 11.7. The molecule has 0 atom stereocenters. The van der Waals surface area contributed by atoms with E-state index in [1.165, 1.54) is 0 Å². The van der Waals surface area contributed by atoms with Crippen LogP contribution in [0.15, 0.2) is 24.5 Å². The fourth-order valence-corrected chi connectivity index (χ4v) is 3.20. The van der Waals surface area contributed by atoms with Crippen LogP contribution >= 0.6 is 0 Å². The van der Waals surface area contributed by atoms with Crippen LogP contribution in [0.25, 0.3) is 16.9 Å². The first-order chi connectivity index (χ1) is 13.1. The van der Waals surface area contributed by atoms with Gasteiger partial charge in [0.2, 0.25) is 0 Å². The lowest BCUT2D eigenvalue weighted by atomic mass is 10.2. The van der Waals surface area contributed by atoms with Crippen LogP contribution in [-0.4, -0.2) is 74.6 Å². The maximum absolute atomic E-state index is 12.5. The van der Waals surface area contributed by atoms with Gasteiger partial charge in [-0.2, -0.15) is 10.2 Å². The van der Waals surface area contributed by atoms with Crippen molar-refractivity contribution in [3.8, 4) is 11.3 Å². The van der Waals surface area contributed by atoms with E-state index in [0.717, 1.165) is 49.8 Å². The number of ether oxygens (including phenoxy) is 1. The number of aryl methyl sites for hydroxylation is 1. The largest absolute Gasteiger partial charge is 0.379 e. The minimum atomic E-state index is -0.192. The zero-order valence-corrected chi connectivity index (χ0v) is 15.6. The van der Waals surface area contributed by atoms with Gasteiger partial charge < -0.3 is 10.1 Å². The first kappa shape index (κ1) is 17.6. The highest BCUT2D eigenvalue weighted by atomic mass is 16.5. The number of amides is 1. The molecule has 0 radical (unpaired) electrons. The number of rotatable bonds is 5. The standard InChI is InChI=1S/C18H23N7O2/c1-13-14(12-21-23(13)2)16-3-4-19-17-11-15(22-25(16)17)18(26)20-5-6-24-7-9-27-10-8-24/h3-4,11-12H,5-10H2,1-2H3,(H,20,26). The topological polar surface area (TPSA) is 89.6 Å². The summed E-state index contributed by atoms with van der Waals surface area (Å²) in [6, 6.07) is 3.59. The molecule has 1 aliphatic rings. The van der Waals surface area contributed by atoms with Gasteiger partial charge in [0.25, 0.3) is 5.91 Å². The molecule has 1 N–H and O–H groups in total. The van der Waals surface area contributed by atoms with Crippen molar-refractivity contribution >= 4 is 11.6 Å². The highest BCUT2D eigenvalue weighted by Gasteiger charge is 2.16. The van der Waals surface area contributed by atoms with Crippen molar-refractivity contribution in [2.24, 2.45) is 7.05 Å². The van der Waals surface area contributed by atoms with Gasteiger partial charge in [0, 0.05) is 56.7 Å². The quantitative estimate of drug-likeness (QED) is 0.704. The van der Waals surface area contributed by atoms with Crippen LogP contribution in [0.3, 0.4) is 0 Å². The van der Waals surface area contributed by atoms with Crippen molar-refractivity contribution in [3.63, 3.8) is 0 Å². The lowest BCUT2D eigenvalue weighted by Crippen LogP contribution is -2.41. The van der Waals surface area contributed by atoms with E-state index in [9.17, 15) is 4.79 Å². The maximum atomic E-state index is 12.5. The first-order valence-corrected chi connectivity index (χ1v) is 9.05. The van der Waals surface area contributed by atoms with Gasteiger partial charge >= 0.3 is 0 Å². The highest BCUT2D eigenvalue weighted by Crippen LogP contribution is 2.23. The Morgan fingerprint density at radius 1 is 1.33 bits per heavy atom. The summed E-state index contributed by atoms with van der Waals surface area (Å²) in [6.07, 6.45) is 3.52. The summed E-state index contributed by atoms with van der Waals surface area (Å²) in [6.45, 7) is 6.70. The normalized spacial score (nSPS) is 15.3. The number of carbonyl (C=O) groups is 1. The monoisotopic (exact) mass is 369 g/mol. The maximum Gasteiger partial charge on any atom is 0.271 e. The number of hydrogen-bond acceptors (Lipinski definition) is 6. The Morgan fingerprint density at radius 2 is 2.15 bits per heavy atom. The molecular formula is C18H23N7O2. The molecule has 0 saturated carbocycles. The number of morpholine rings is 1. The Kier molecular flexibility index (Phi) is 4.87. The van der Waals surface area contributed by atoms with E-state index < -0.39 is 0 Å². The third-order valence-electron chi connectivity index (χ3n) is 4.92. The molecule has 0 bridgehead atoms. The van der Waals surface area contributed by atoms with E-state index >= 15 is 0 Å². The molecule has 1 amide bonds. The molecule has 1 fully saturated rings. The molecule has 0 aliphatic carbocycles. The summed E-state index contributed by atoms with van der Waals surface area (Å²) >= 11 is 0.